The first kappa shape index (κ1) is 23.2. The molecule has 27 heavy (non-hydrogen) atoms. The second kappa shape index (κ2) is 8.89. The number of carbonyl (C=O) groups excluding carboxylic acids is 1. The van der Waals surface area contributed by atoms with Crippen LogP contribution < -0.4 is 10.0 Å². The summed E-state index contributed by atoms with van der Waals surface area (Å²) in [6, 6.07) is 1.95. The molecule has 0 saturated carbocycles. The minimum atomic E-state index is -4.92. The highest BCUT2D eigenvalue weighted by Gasteiger charge is 2.37. The normalized spacial score (nSPS) is 14.0. The van der Waals surface area contributed by atoms with Gasteiger partial charge in [-0.25, -0.2) is 8.42 Å². The van der Waals surface area contributed by atoms with Crippen molar-refractivity contribution in [1.82, 2.24) is 10.0 Å². The van der Waals surface area contributed by atoms with Gasteiger partial charge in [-0.1, -0.05) is 12.1 Å². The van der Waals surface area contributed by atoms with Gasteiger partial charge < -0.3 is 10.1 Å². The number of halogens is 6. The zero-order chi connectivity index (χ0) is 20.9. The Morgan fingerprint density at radius 1 is 1.15 bits per heavy atom. The molecule has 0 radical (unpaired) electrons. The van der Waals surface area contributed by atoms with E-state index in [0.29, 0.717) is 6.07 Å². The largest absolute Gasteiger partial charge is 0.417 e. The highest BCUT2D eigenvalue weighted by atomic mass is 32.2. The molecule has 154 valence electrons. The van der Waals surface area contributed by atoms with E-state index in [1.165, 1.54) is 0 Å². The van der Waals surface area contributed by atoms with Crippen LogP contribution in [0.1, 0.15) is 12.5 Å². The molecule has 0 unspecified atom stereocenters. The second-order valence-corrected chi connectivity index (χ2v) is 6.98. The van der Waals surface area contributed by atoms with Crippen LogP contribution >= 0.6 is 0 Å². The van der Waals surface area contributed by atoms with E-state index < -0.39 is 58.0 Å². The first-order valence-corrected chi connectivity index (χ1v) is 8.83. The molecule has 1 amide bonds. The molecule has 13 heteroatoms. The van der Waals surface area contributed by atoms with E-state index in [-0.39, 0.29) is 6.54 Å². The molecular formula is C14H16F6N2O4S. The number of hydrogen-bond acceptors (Lipinski definition) is 4. The molecule has 0 heterocycles. The summed E-state index contributed by atoms with van der Waals surface area (Å²) in [6.07, 6.45) is -9.45. The Bertz CT molecular complexity index is 749. The van der Waals surface area contributed by atoms with E-state index in [2.05, 4.69) is 10.1 Å². The highest BCUT2D eigenvalue weighted by Crippen LogP contribution is 2.33. The van der Waals surface area contributed by atoms with Crippen LogP contribution in [0.2, 0.25) is 0 Å². The second-order valence-electron chi connectivity index (χ2n) is 5.30. The number of rotatable bonds is 8. The van der Waals surface area contributed by atoms with Crippen LogP contribution in [0.15, 0.2) is 29.2 Å². The molecule has 0 aliphatic rings. The van der Waals surface area contributed by atoms with Gasteiger partial charge in [-0.2, -0.15) is 31.1 Å². The number of benzene rings is 1. The number of sulfonamides is 1. The maximum atomic E-state index is 12.9. The van der Waals surface area contributed by atoms with Gasteiger partial charge in [0, 0.05) is 6.54 Å². The molecule has 0 fully saturated rings. The fourth-order valence-corrected chi connectivity index (χ4v) is 3.30. The lowest BCUT2D eigenvalue weighted by Gasteiger charge is -2.17. The summed E-state index contributed by atoms with van der Waals surface area (Å²) in [5.74, 6) is -0.946. The van der Waals surface area contributed by atoms with Crippen LogP contribution in [0.25, 0.3) is 0 Å². The van der Waals surface area contributed by atoms with Gasteiger partial charge in [0.15, 0.2) is 0 Å². The van der Waals surface area contributed by atoms with Crippen molar-refractivity contribution in [3.8, 4) is 0 Å². The molecule has 0 bridgehead atoms. The molecule has 2 N–H and O–H groups in total. The van der Waals surface area contributed by atoms with E-state index >= 15 is 0 Å². The van der Waals surface area contributed by atoms with Crippen molar-refractivity contribution < 1.29 is 44.3 Å². The van der Waals surface area contributed by atoms with E-state index in [4.69, 9.17) is 0 Å². The quantitative estimate of drug-likeness (QED) is 0.496. The molecular weight excluding hydrogens is 406 g/mol. The summed E-state index contributed by atoms with van der Waals surface area (Å²) in [4.78, 5) is 10.7. The first-order chi connectivity index (χ1) is 12.2. The van der Waals surface area contributed by atoms with Gasteiger partial charge in [-0.15, -0.1) is 0 Å². The van der Waals surface area contributed by atoms with E-state index in [1.807, 2.05) is 0 Å². The lowest BCUT2D eigenvalue weighted by atomic mass is 10.2. The summed E-state index contributed by atoms with van der Waals surface area (Å²) < 4.78 is 105. The van der Waals surface area contributed by atoms with Crippen molar-refractivity contribution in [2.45, 2.75) is 30.2 Å². The molecule has 6 nitrogen and oxygen atoms in total. The van der Waals surface area contributed by atoms with Gasteiger partial charge in [0.05, 0.1) is 23.1 Å². The summed E-state index contributed by atoms with van der Waals surface area (Å²) in [5.41, 5.74) is -1.40. The number of hydrogen-bond donors (Lipinski definition) is 2. The third kappa shape index (κ3) is 7.72. The Kier molecular flexibility index (Phi) is 7.63. The Morgan fingerprint density at radius 2 is 1.74 bits per heavy atom. The van der Waals surface area contributed by atoms with E-state index in [0.717, 1.165) is 25.1 Å². The SMILES string of the molecule is C[C@H](NS(=O)(=O)c1ccccc1C(F)(F)F)C(=O)NCCOCC(F)(F)F. The zero-order valence-electron chi connectivity index (χ0n) is 13.8. The molecule has 1 rings (SSSR count). The van der Waals surface area contributed by atoms with Crippen molar-refractivity contribution in [2.24, 2.45) is 0 Å². The topological polar surface area (TPSA) is 84.5 Å². The molecule has 0 spiro atoms. The summed E-state index contributed by atoms with van der Waals surface area (Å²) in [7, 11) is -4.68. The lowest BCUT2D eigenvalue weighted by molar-refractivity contribution is -0.173. The maximum absolute atomic E-state index is 12.9. The lowest BCUT2D eigenvalue weighted by Crippen LogP contribution is -2.45. The molecule has 1 atom stereocenters. The van der Waals surface area contributed by atoms with Gasteiger partial charge in [-0.3, -0.25) is 4.79 Å². The summed E-state index contributed by atoms with van der Waals surface area (Å²) in [5, 5.41) is 2.11. The predicted molar refractivity (Wildman–Crippen MR) is 81.1 cm³/mol. The average Bonchev–Trinajstić information content (AvgIpc) is 2.52. The minimum absolute atomic E-state index is 0.347. The van der Waals surface area contributed by atoms with Crippen molar-refractivity contribution >= 4 is 15.9 Å². The van der Waals surface area contributed by atoms with Crippen LogP contribution in [-0.4, -0.2) is 46.3 Å². The third-order valence-corrected chi connectivity index (χ3v) is 4.62. The standard InChI is InChI=1S/C14H16F6N2O4S/c1-9(12(23)21-6-7-26-8-13(15,16)17)22-27(24,25)11-5-3-2-4-10(11)14(18,19)20/h2-5,9,22H,6-8H2,1H3,(H,21,23)/t9-/m0/s1. The zero-order valence-corrected chi connectivity index (χ0v) is 14.6. The molecule has 1 aromatic rings. The smallest absolute Gasteiger partial charge is 0.370 e. The van der Waals surface area contributed by atoms with E-state index in [1.54, 1.807) is 4.72 Å². The summed E-state index contributed by atoms with van der Waals surface area (Å²) >= 11 is 0. The number of amides is 1. The van der Waals surface area contributed by atoms with Crippen LogP contribution in [0, 0.1) is 0 Å². The van der Waals surface area contributed by atoms with E-state index in [9.17, 15) is 39.6 Å². The van der Waals surface area contributed by atoms with Crippen LogP contribution in [0.3, 0.4) is 0 Å². The molecule has 1 aromatic carbocycles. The number of nitrogens with one attached hydrogen (secondary N) is 2. The molecule has 0 aliphatic heterocycles. The van der Waals surface area contributed by atoms with Gasteiger partial charge in [0.1, 0.15) is 6.61 Å². The Hall–Kier alpha value is -1.86. The fraction of sp³-hybridized carbons (Fsp3) is 0.500. The minimum Gasteiger partial charge on any atom is -0.370 e. The third-order valence-electron chi connectivity index (χ3n) is 3.02. The van der Waals surface area contributed by atoms with Gasteiger partial charge >= 0.3 is 12.4 Å². The monoisotopic (exact) mass is 422 g/mol. The van der Waals surface area contributed by atoms with Crippen LogP contribution in [0.4, 0.5) is 26.3 Å². The number of alkyl halides is 6. The summed E-state index contributed by atoms with van der Waals surface area (Å²) in [6.45, 7) is -1.28. The van der Waals surface area contributed by atoms with Crippen molar-refractivity contribution in [3.05, 3.63) is 29.8 Å². The van der Waals surface area contributed by atoms with Crippen molar-refractivity contribution in [3.63, 3.8) is 0 Å². The molecule has 0 aliphatic carbocycles. The Labute approximate surface area is 150 Å². The number of ether oxygens (including phenoxy) is 1. The maximum Gasteiger partial charge on any atom is 0.417 e. The Morgan fingerprint density at radius 3 is 2.30 bits per heavy atom. The van der Waals surface area contributed by atoms with Gasteiger partial charge in [0.25, 0.3) is 0 Å². The first-order valence-electron chi connectivity index (χ1n) is 7.35. The average molecular weight is 422 g/mol. The van der Waals surface area contributed by atoms with Crippen molar-refractivity contribution in [2.75, 3.05) is 19.8 Å². The fourth-order valence-electron chi connectivity index (χ4n) is 1.87. The van der Waals surface area contributed by atoms with Crippen LogP contribution in [-0.2, 0) is 25.7 Å². The van der Waals surface area contributed by atoms with Gasteiger partial charge in [-0.05, 0) is 19.1 Å². The van der Waals surface area contributed by atoms with Crippen LogP contribution in [0.5, 0.6) is 0 Å². The van der Waals surface area contributed by atoms with Gasteiger partial charge in [0.2, 0.25) is 15.9 Å². The highest BCUT2D eigenvalue weighted by molar-refractivity contribution is 7.89. The molecule has 0 aromatic heterocycles. The number of carbonyl (C=O) groups is 1. The predicted octanol–water partition coefficient (Wildman–Crippen LogP) is 2.07. The van der Waals surface area contributed by atoms with Crippen molar-refractivity contribution in [1.29, 1.82) is 0 Å². The Balaban J connectivity index is 2.68. The molecule has 0 saturated heterocycles.